The molecular formula is C12H17BN2O2. The fraction of sp³-hybridized carbons (Fsp3) is 0.500. The summed E-state index contributed by atoms with van der Waals surface area (Å²) in [6.45, 7) is 6.65. The Morgan fingerprint density at radius 2 is 2.00 bits per heavy atom. The van der Waals surface area contributed by atoms with E-state index in [4.69, 9.17) is 16.2 Å². The van der Waals surface area contributed by atoms with Gasteiger partial charge in [0.05, 0.1) is 35.5 Å². The van der Waals surface area contributed by atoms with Crippen molar-refractivity contribution in [1.29, 1.82) is 0 Å². The summed E-state index contributed by atoms with van der Waals surface area (Å²) in [6.07, 6.45) is -0.682. The highest BCUT2D eigenvalue weighted by Gasteiger charge is 2.52. The van der Waals surface area contributed by atoms with E-state index in [0.29, 0.717) is 0 Å². The van der Waals surface area contributed by atoms with Crippen LogP contribution >= 0.6 is 0 Å². The van der Waals surface area contributed by atoms with Gasteiger partial charge in [-0.3, -0.25) is 9.97 Å². The Labute approximate surface area is 109 Å². The van der Waals surface area contributed by atoms with Crippen molar-refractivity contribution in [1.82, 2.24) is 9.97 Å². The first-order valence-electron chi connectivity index (χ1n) is 7.81. The third-order valence-electron chi connectivity index (χ3n) is 3.16. The van der Waals surface area contributed by atoms with E-state index in [1.165, 1.54) is 0 Å². The third-order valence-corrected chi connectivity index (χ3v) is 3.16. The molecular weight excluding hydrogens is 215 g/mol. The van der Waals surface area contributed by atoms with Crippen LogP contribution in [0.25, 0.3) is 6.05 Å². The fourth-order valence-corrected chi connectivity index (χ4v) is 1.39. The van der Waals surface area contributed by atoms with Gasteiger partial charge in [-0.1, -0.05) is 6.53 Å². The minimum atomic E-state index is -0.923. The lowest BCUT2D eigenvalue weighted by molar-refractivity contribution is 0.00578. The average molecular weight is 237 g/mol. The number of aromatic nitrogens is 2. The van der Waals surface area contributed by atoms with Crippen molar-refractivity contribution >= 4 is 18.8 Å². The van der Waals surface area contributed by atoms with E-state index >= 15 is 0 Å². The highest BCUT2D eigenvalue weighted by Crippen LogP contribution is 2.36. The summed E-state index contributed by atoms with van der Waals surface area (Å²) in [6, 6.07) is -0.550. The predicted molar refractivity (Wildman–Crippen MR) is 67.8 cm³/mol. The summed E-state index contributed by atoms with van der Waals surface area (Å²) in [5.74, 6) is 0. The van der Waals surface area contributed by atoms with Crippen molar-refractivity contribution in [2.75, 3.05) is 0 Å². The molecule has 5 heteroatoms. The van der Waals surface area contributed by atoms with Crippen LogP contribution < -0.4 is 5.59 Å². The molecule has 1 aromatic heterocycles. The number of hydrogen-bond acceptors (Lipinski definition) is 4. The maximum Gasteiger partial charge on any atom is 0.516 e. The van der Waals surface area contributed by atoms with Crippen molar-refractivity contribution in [3.05, 3.63) is 24.6 Å². The first-order chi connectivity index (χ1) is 9.96. The highest BCUT2D eigenvalue weighted by molar-refractivity contribution is 6.61. The van der Waals surface area contributed by atoms with E-state index in [0.717, 1.165) is 0 Å². The van der Waals surface area contributed by atoms with Crippen LogP contribution in [0.5, 0.6) is 0 Å². The molecule has 0 aliphatic carbocycles. The molecule has 0 amide bonds. The second-order valence-corrected chi connectivity index (χ2v) is 4.89. The van der Waals surface area contributed by atoms with Crippen LogP contribution in [-0.2, 0) is 9.31 Å². The molecule has 1 saturated heterocycles. The molecule has 0 spiro atoms. The first-order valence-corrected chi connectivity index (χ1v) is 5.31. The average Bonchev–Trinajstić information content (AvgIpc) is 2.59. The van der Waals surface area contributed by atoms with Crippen molar-refractivity contribution in [3.63, 3.8) is 0 Å². The standard InChI is InChI=1S/C12H17BN2O2/c1-6-9-7-15-10(8-14-9)13-16-11(2,3)12(4,5)17-13/h6-8H,1H2,2-5H3/i1D2,6D,7D,8D. The smallest absolute Gasteiger partial charge is 0.398 e. The van der Waals surface area contributed by atoms with Crippen LogP contribution in [0, 0.1) is 0 Å². The van der Waals surface area contributed by atoms with Gasteiger partial charge in [0, 0.05) is 6.17 Å². The molecule has 1 fully saturated rings. The van der Waals surface area contributed by atoms with Crippen LogP contribution in [0.3, 0.4) is 0 Å². The maximum atomic E-state index is 7.92. The quantitative estimate of drug-likeness (QED) is 0.729. The van der Waals surface area contributed by atoms with Gasteiger partial charge in [0.25, 0.3) is 0 Å². The van der Waals surface area contributed by atoms with Gasteiger partial charge in [-0.2, -0.15) is 0 Å². The lowest BCUT2D eigenvalue weighted by Gasteiger charge is -2.32. The zero-order valence-corrected chi connectivity index (χ0v) is 10.3. The number of hydrogen-bond donors (Lipinski definition) is 0. The second-order valence-electron chi connectivity index (χ2n) is 4.89. The Kier molecular flexibility index (Phi) is 1.68. The first kappa shape index (κ1) is 7.29. The van der Waals surface area contributed by atoms with Crippen molar-refractivity contribution in [3.8, 4) is 0 Å². The van der Waals surface area contributed by atoms with E-state index < -0.39 is 30.9 Å². The zero-order chi connectivity index (χ0) is 16.9. The Morgan fingerprint density at radius 1 is 1.35 bits per heavy atom. The summed E-state index contributed by atoms with van der Waals surface area (Å²) >= 11 is 0. The Hall–Kier alpha value is -1.20. The van der Waals surface area contributed by atoms with Crippen molar-refractivity contribution in [2.45, 2.75) is 38.9 Å². The third kappa shape index (κ3) is 2.12. The molecule has 0 unspecified atom stereocenters. The summed E-state index contributed by atoms with van der Waals surface area (Å²) in [4.78, 5) is 7.74. The Balaban J connectivity index is 2.44. The van der Waals surface area contributed by atoms with Gasteiger partial charge >= 0.3 is 7.12 Å². The fourth-order valence-electron chi connectivity index (χ4n) is 1.39. The molecule has 1 aliphatic heterocycles. The summed E-state index contributed by atoms with van der Waals surface area (Å²) < 4.78 is 49.0. The molecule has 1 aromatic rings. The normalized spacial score (nSPS) is 25.4. The Bertz CT molecular complexity index is 631. The van der Waals surface area contributed by atoms with Gasteiger partial charge in [0.2, 0.25) is 0 Å². The van der Waals surface area contributed by atoms with E-state index in [1.54, 1.807) is 0 Å². The zero-order valence-electron chi connectivity index (χ0n) is 15.3. The van der Waals surface area contributed by atoms with Crippen LogP contribution in [0.2, 0.25) is 0 Å². The minimum absolute atomic E-state index is 0.0525. The van der Waals surface area contributed by atoms with Crippen LogP contribution in [0.15, 0.2) is 18.9 Å². The predicted octanol–water partition coefficient (Wildman–Crippen LogP) is 1.42. The molecule has 17 heavy (non-hydrogen) atoms. The number of rotatable bonds is 2. The molecule has 2 heterocycles. The molecule has 0 N–H and O–H groups in total. The molecule has 0 atom stereocenters. The maximum absolute atomic E-state index is 7.92. The van der Waals surface area contributed by atoms with E-state index in [1.807, 2.05) is 27.7 Å². The summed E-state index contributed by atoms with van der Waals surface area (Å²) in [5.41, 5.74) is -1.44. The monoisotopic (exact) mass is 237 g/mol. The molecule has 1 aliphatic rings. The van der Waals surface area contributed by atoms with Crippen LogP contribution in [-0.4, -0.2) is 28.3 Å². The minimum Gasteiger partial charge on any atom is -0.398 e. The summed E-state index contributed by atoms with van der Waals surface area (Å²) in [7, 11) is -0.923. The van der Waals surface area contributed by atoms with Gasteiger partial charge < -0.3 is 9.31 Å². The van der Waals surface area contributed by atoms with Crippen molar-refractivity contribution < 1.29 is 16.2 Å². The van der Waals surface area contributed by atoms with E-state index in [2.05, 4.69) is 9.97 Å². The lowest BCUT2D eigenvalue weighted by Crippen LogP contribution is -2.41. The van der Waals surface area contributed by atoms with E-state index in [9.17, 15) is 0 Å². The second kappa shape index (κ2) is 3.93. The summed E-state index contributed by atoms with van der Waals surface area (Å²) in [5, 5.41) is 0. The van der Waals surface area contributed by atoms with Crippen molar-refractivity contribution in [2.24, 2.45) is 0 Å². The Morgan fingerprint density at radius 3 is 2.59 bits per heavy atom. The molecule has 0 saturated carbocycles. The largest absolute Gasteiger partial charge is 0.516 e. The molecule has 0 bridgehead atoms. The molecule has 0 aromatic carbocycles. The molecule has 4 nitrogen and oxygen atoms in total. The van der Waals surface area contributed by atoms with Gasteiger partial charge in [-0.05, 0) is 33.7 Å². The highest BCUT2D eigenvalue weighted by atomic mass is 16.7. The van der Waals surface area contributed by atoms with Crippen LogP contribution in [0.4, 0.5) is 0 Å². The molecule has 0 radical (unpaired) electrons. The lowest BCUT2D eigenvalue weighted by atomic mass is 9.85. The van der Waals surface area contributed by atoms with E-state index in [-0.39, 0.29) is 23.6 Å². The van der Waals surface area contributed by atoms with Gasteiger partial charge in [0.15, 0.2) is 0 Å². The van der Waals surface area contributed by atoms with Gasteiger partial charge in [-0.15, -0.1) is 0 Å². The molecule has 90 valence electrons. The number of nitrogens with zero attached hydrogens (tertiary/aromatic N) is 2. The SMILES string of the molecule is [2H]C([2H])=C([2H])c1nc([2H])c(B2OC(C)(C)C(C)(C)O2)nc1[2H]. The van der Waals surface area contributed by atoms with Gasteiger partial charge in [0.1, 0.15) is 0 Å². The topological polar surface area (TPSA) is 44.2 Å². The van der Waals surface area contributed by atoms with Crippen LogP contribution in [0.1, 0.15) is 40.2 Å². The molecule has 2 rings (SSSR count). The van der Waals surface area contributed by atoms with Gasteiger partial charge in [-0.25, -0.2) is 0 Å².